The number of piperidine rings is 1. The predicted molar refractivity (Wildman–Crippen MR) is 92.1 cm³/mol. The summed E-state index contributed by atoms with van der Waals surface area (Å²) >= 11 is 5.35. The molecule has 1 unspecified atom stereocenters. The third-order valence-corrected chi connectivity index (χ3v) is 3.94. The molecule has 1 aromatic carbocycles. The van der Waals surface area contributed by atoms with Gasteiger partial charge in [-0.1, -0.05) is 0 Å². The van der Waals surface area contributed by atoms with E-state index >= 15 is 0 Å². The largest absolute Gasteiger partial charge is 0.494 e. The van der Waals surface area contributed by atoms with E-state index in [1.54, 1.807) is 0 Å². The van der Waals surface area contributed by atoms with Gasteiger partial charge in [-0.2, -0.15) is 0 Å². The summed E-state index contributed by atoms with van der Waals surface area (Å²) in [6.07, 6.45) is 2.56. The van der Waals surface area contributed by atoms with Crippen LogP contribution in [0.4, 0.5) is 5.69 Å². The lowest BCUT2D eigenvalue weighted by atomic mass is 9.99. The van der Waals surface area contributed by atoms with Crippen molar-refractivity contribution in [1.82, 2.24) is 10.2 Å². The van der Waals surface area contributed by atoms with Crippen LogP contribution in [-0.2, 0) is 0 Å². The number of anilines is 1. The molecule has 1 heterocycles. The number of thiocarbonyl (C=S) groups is 1. The van der Waals surface area contributed by atoms with Crippen molar-refractivity contribution in [2.45, 2.75) is 19.8 Å². The van der Waals surface area contributed by atoms with Crippen molar-refractivity contribution >= 4 is 23.0 Å². The Morgan fingerprint density at radius 3 is 2.81 bits per heavy atom. The van der Waals surface area contributed by atoms with Gasteiger partial charge < -0.3 is 20.3 Å². The maximum atomic E-state index is 5.42. The highest BCUT2D eigenvalue weighted by Gasteiger charge is 2.16. The first-order valence-electron chi connectivity index (χ1n) is 7.63. The highest BCUT2D eigenvalue weighted by atomic mass is 32.1. The zero-order valence-corrected chi connectivity index (χ0v) is 13.7. The normalized spacial score (nSPS) is 19.0. The summed E-state index contributed by atoms with van der Waals surface area (Å²) in [5, 5.41) is 7.22. The Kier molecular flexibility index (Phi) is 6.26. The van der Waals surface area contributed by atoms with Gasteiger partial charge in [0.1, 0.15) is 5.75 Å². The second-order valence-corrected chi connectivity index (χ2v) is 5.97. The molecule has 21 heavy (non-hydrogen) atoms. The summed E-state index contributed by atoms with van der Waals surface area (Å²) in [7, 11) is 2.18. The zero-order valence-electron chi connectivity index (χ0n) is 12.9. The maximum Gasteiger partial charge on any atom is 0.170 e. The van der Waals surface area contributed by atoms with Crippen molar-refractivity contribution in [3.05, 3.63) is 24.3 Å². The Bertz CT molecular complexity index is 449. The van der Waals surface area contributed by atoms with Crippen molar-refractivity contribution < 1.29 is 4.74 Å². The number of likely N-dealkylation sites (tertiary alicyclic amines) is 1. The van der Waals surface area contributed by atoms with E-state index in [1.165, 1.54) is 19.4 Å². The first kappa shape index (κ1) is 16.0. The van der Waals surface area contributed by atoms with Crippen molar-refractivity contribution in [3.8, 4) is 5.75 Å². The molecular formula is C16H25N3OS. The summed E-state index contributed by atoms with van der Waals surface area (Å²) in [5.41, 5.74) is 0.983. The van der Waals surface area contributed by atoms with E-state index in [2.05, 4.69) is 22.6 Å². The molecule has 1 saturated heterocycles. The maximum absolute atomic E-state index is 5.42. The Morgan fingerprint density at radius 2 is 2.14 bits per heavy atom. The molecule has 1 fully saturated rings. The number of nitrogens with zero attached hydrogens (tertiary/aromatic N) is 1. The molecule has 1 aromatic rings. The smallest absolute Gasteiger partial charge is 0.170 e. The van der Waals surface area contributed by atoms with Gasteiger partial charge in [-0.05, 0) is 75.8 Å². The number of ether oxygens (including phenoxy) is 1. The summed E-state index contributed by atoms with van der Waals surface area (Å²) < 4.78 is 5.42. The van der Waals surface area contributed by atoms with E-state index in [4.69, 9.17) is 17.0 Å². The van der Waals surface area contributed by atoms with Gasteiger partial charge in [-0.15, -0.1) is 0 Å². The van der Waals surface area contributed by atoms with E-state index < -0.39 is 0 Å². The number of hydrogen-bond donors (Lipinski definition) is 2. The van der Waals surface area contributed by atoms with Gasteiger partial charge in [-0.3, -0.25) is 0 Å². The topological polar surface area (TPSA) is 36.5 Å². The average molecular weight is 307 g/mol. The Balaban J connectivity index is 1.73. The van der Waals surface area contributed by atoms with Crippen LogP contribution in [0.5, 0.6) is 5.75 Å². The fourth-order valence-electron chi connectivity index (χ4n) is 2.65. The minimum absolute atomic E-state index is 0.683. The molecule has 2 N–H and O–H groups in total. The van der Waals surface area contributed by atoms with E-state index in [1.807, 2.05) is 31.2 Å². The first-order chi connectivity index (χ1) is 10.2. The minimum Gasteiger partial charge on any atom is -0.494 e. The number of rotatable bonds is 5. The third kappa shape index (κ3) is 5.52. The third-order valence-electron chi connectivity index (χ3n) is 3.70. The lowest BCUT2D eigenvalue weighted by molar-refractivity contribution is 0.211. The number of nitrogens with one attached hydrogen (secondary N) is 2. The predicted octanol–water partition coefficient (Wildman–Crippen LogP) is 2.71. The van der Waals surface area contributed by atoms with Crippen LogP contribution in [0.2, 0.25) is 0 Å². The van der Waals surface area contributed by atoms with Crippen molar-refractivity contribution in [3.63, 3.8) is 0 Å². The Hall–Kier alpha value is -1.33. The molecule has 0 radical (unpaired) electrons. The van der Waals surface area contributed by atoms with Crippen LogP contribution in [0.1, 0.15) is 19.8 Å². The standard InChI is InChI=1S/C16H25N3OS/c1-3-20-15-8-6-14(7-9-15)18-16(21)17-11-13-5-4-10-19(2)12-13/h6-9,13H,3-5,10-12H2,1-2H3,(H2,17,18,21). The Labute approximate surface area is 132 Å². The lowest BCUT2D eigenvalue weighted by Crippen LogP contribution is -2.40. The van der Waals surface area contributed by atoms with Crippen molar-refractivity contribution in [1.29, 1.82) is 0 Å². The molecule has 0 aromatic heterocycles. The van der Waals surface area contributed by atoms with Crippen molar-refractivity contribution in [2.24, 2.45) is 5.92 Å². The molecule has 116 valence electrons. The second-order valence-electron chi connectivity index (χ2n) is 5.56. The fraction of sp³-hybridized carbons (Fsp3) is 0.562. The average Bonchev–Trinajstić information content (AvgIpc) is 2.48. The summed E-state index contributed by atoms with van der Waals surface area (Å²) in [5.74, 6) is 1.57. The summed E-state index contributed by atoms with van der Waals surface area (Å²) in [6.45, 7) is 5.97. The van der Waals surface area contributed by atoms with Gasteiger partial charge >= 0.3 is 0 Å². The number of hydrogen-bond acceptors (Lipinski definition) is 3. The lowest BCUT2D eigenvalue weighted by Gasteiger charge is -2.30. The van der Waals surface area contributed by atoms with E-state index in [0.29, 0.717) is 17.6 Å². The summed E-state index contributed by atoms with van der Waals surface area (Å²) in [4.78, 5) is 2.39. The highest BCUT2D eigenvalue weighted by molar-refractivity contribution is 7.80. The quantitative estimate of drug-likeness (QED) is 0.818. The van der Waals surface area contributed by atoms with E-state index in [0.717, 1.165) is 24.5 Å². The molecule has 0 spiro atoms. The van der Waals surface area contributed by atoms with Gasteiger partial charge in [0.15, 0.2) is 5.11 Å². The van der Waals surface area contributed by atoms with Gasteiger partial charge in [0, 0.05) is 18.8 Å². The SMILES string of the molecule is CCOc1ccc(NC(=S)NCC2CCCN(C)C2)cc1. The molecule has 4 nitrogen and oxygen atoms in total. The minimum atomic E-state index is 0.683. The first-order valence-corrected chi connectivity index (χ1v) is 8.04. The molecular weight excluding hydrogens is 282 g/mol. The van der Waals surface area contributed by atoms with Crippen LogP contribution in [0.15, 0.2) is 24.3 Å². The van der Waals surface area contributed by atoms with Gasteiger partial charge in [-0.25, -0.2) is 0 Å². The molecule has 0 bridgehead atoms. The molecule has 1 aliphatic rings. The Morgan fingerprint density at radius 1 is 1.38 bits per heavy atom. The monoisotopic (exact) mass is 307 g/mol. The van der Waals surface area contributed by atoms with E-state index in [-0.39, 0.29) is 0 Å². The summed E-state index contributed by atoms with van der Waals surface area (Å²) in [6, 6.07) is 7.86. The number of benzene rings is 1. The molecule has 0 amide bonds. The van der Waals surface area contributed by atoms with Crippen molar-refractivity contribution in [2.75, 3.05) is 38.6 Å². The fourth-order valence-corrected chi connectivity index (χ4v) is 2.85. The van der Waals surface area contributed by atoms with Crippen LogP contribution in [0.25, 0.3) is 0 Å². The molecule has 2 rings (SSSR count). The molecule has 5 heteroatoms. The second kappa shape index (κ2) is 8.20. The van der Waals surface area contributed by atoms with Crippen LogP contribution < -0.4 is 15.4 Å². The highest BCUT2D eigenvalue weighted by Crippen LogP contribution is 2.16. The van der Waals surface area contributed by atoms with Gasteiger partial charge in [0.25, 0.3) is 0 Å². The zero-order chi connectivity index (χ0) is 15.1. The molecule has 0 aliphatic carbocycles. The van der Waals surface area contributed by atoms with Crippen LogP contribution in [0, 0.1) is 5.92 Å². The van der Waals surface area contributed by atoms with E-state index in [9.17, 15) is 0 Å². The molecule has 1 atom stereocenters. The van der Waals surface area contributed by atoms with Gasteiger partial charge in [0.2, 0.25) is 0 Å². The van der Waals surface area contributed by atoms with Crippen LogP contribution in [0.3, 0.4) is 0 Å². The van der Waals surface area contributed by atoms with Crippen LogP contribution in [-0.4, -0.2) is 43.3 Å². The molecule has 1 aliphatic heterocycles. The van der Waals surface area contributed by atoms with Gasteiger partial charge in [0.05, 0.1) is 6.61 Å². The van der Waals surface area contributed by atoms with Crippen LogP contribution >= 0.6 is 12.2 Å². The molecule has 0 saturated carbocycles.